The third kappa shape index (κ3) is 4.60. The molecule has 0 aliphatic heterocycles. The Kier molecular flexibility index (Phi) is 6.10. The summed E-state index contributed by atoms with van der Waals surface area (Å²) in [6.45, 7) is 11.7. The van der Waals surface area contributed by atoms with Gasteiger partial charge in [-0.1, -0.05) is 56.2 Å². The third-order valence-electron chi connectivity index (χ3n) is 5.24. The lowest BCUT2D eigenvalue weighted by atomic mass is 10.2. The van der Waals surface area contributed by atoms with E-state index in [-0.39, 0.29) is 23.3 Å². The summed E-state index contributed by atoms with van der Waals surface area (Å²) in [7, 11) is -1.95. The first kappa shape index (κ1) is 19.0. The van der Waals surface area contributed by atoms with Gasteiger partial charge in [-0.15, -0.1) is 0 Å². The van der Waals surface area contributed by atoms with Crippen LogP contribution in [0.15, 0.2) is 35.4 Å². The van der Waals surface area contributed by atoms with Crippen molar-refractivity contribution in [2.24, 2.45) is 5.11 Å². The standard InChI is InChI=1S/C18H29N3O2Si/c1-18(2,3)24(4,5)23-17-15(20-21-19)11-12-16(17)22-13-14-9-7-6-8-10-14/h6-10,15-17H,11-13H2,1-5H3/t15-,16+,17+/m1/s1. The van der Waals surface area contributed by atoms with Crippen LogP contribution in [-0.2, 0) is 15.8 Å². The van der Waals surface area contributed by atoms with Gasteiger partial charge in [-0.2, -0.15) is 0 Å². The van der Waals surface area contributed by atoms with Crippen LogP contribution in [-0.4, -0.2) is 26.6 Å². The first-order valence-electron chi connectivity index (χ1n) is 8.62. The quantitative estimate of drug-likeness (QED) is 0.298. The van der Waals surface area contributed by atoms with Crippen molar-refractivity contribution in [3.8, 4) is 0 Å². The largest absolute Gasteiger partial charge is 0.411 e. The Hall–Kier alpha value is -1.33. The molecule has 0 spiro atoms. The van der Waals surface area contributed by atoms with Crippen molar-refractivity contribution >= 4 is 8.32 Å². The Balaban J connectivity index is 2.10. The van der Waals surface area contributed by atoms with Crippen molar-refractivity contribution in [2.45, 2.75) is 76.6 Å². The molecule has 0 heterocycles. The fraction of sp³-hybridized carbons (Fsp3) is 0.667. The number of ether oxygens (including phenoxy) is 1. The lowest BCUT2D eigenvalue weighted by Crippen LogP contribution is -2.48. The van der Waals surface area contributed by atoms with Crippen LogP contribution in [0.1, 0.15) is 39.2 Å². The van der Waals surface area contributed by atoms with Gasteiger partial charge in [0, 0.05) is 4.91 Å². The highest BCUT2D eigenvalue weighted by Gasteiger charge is 2.45. The van der Waals surface area contributed by atoms with E-state index in [1.807, 2.05) is 18.2 Å². The summed E-state index contributed by atoms with van der Waals surface area (Å²) in [6, 6.07) is 10.0. The van der Waals surface area contributed by atoms with Crippen LogP contribution in [0.25, 0.3) is 10.4 Å². The molecule has 6 heteroatoms. The number of rotatable bonds is 6. The molecule has 0 bridgehead atoms. The number of benzene rings is 1. The van der Waals surface area contributed by atoms with Gasteiger partial charge in [-0.25, -0.2) is 0 Å². The zero-order valence-electron chi connectivity index (χ0n) is 15.4. The van der Waals surface area contributed by atoms with Gasteiger partial charge in [-0.3, -0.25) is 0 Å². The molecule has 5 nitrogen and oxygen atoms in total. The zero-order chi connectivity index (χ0) is 17.8. The fourth-order valence-electron chi connectivity index (χ4n) is 2.73. The average Bonchev–Trinajstić information content (AvgIpc) is 2.87. The van der Waals surface area contributed by atoms with Crippen LogP contribution >= 0.6 is 0 Å². The lowest BCUT2D eigenvalue weighted by molar-refractivity contribution is -0.0257. The number of hydrogen-bond acceptors (Lipinski definition) is 3. The van der Waals surface area contributed by atoms with E-state index in [1.54, 1.807) is 0 Å². The molecular formula is C18H29N3O2Si. The average molecular weight is 348 g/mol. The van der Waals surface area contributed by atoms with Crippen LogP contribution in [0.3, 0.4) is 0 Å². The van der Waals surface area contributed by atoms with E-state index in [4.69, 9.17) is 14.7 Å². The summed E-state index contributed by atoms with van der Waals surface area (Å²) in [6.07, 6.45) is 1.53. The summed E-state index contributed by atoms with van der Waals surface area (Å²) in [5.41, 5.74) is 10.0. The number of azide groups is 1. The molecule has 132 valence electrons. The van der Waals surface area contributed by atoms with Gasteiger partial charge in [0.1, 0.15) is 0 Å². The van der Waals surface area contributed by atoms with Gasteiger partial charge >= 0.3 is 0 Å². The first-order chi connectivity index (χ1) is 11.2. The molecule has 1 aliphatic rings. The Bertz CT molecular complexity index is 580. The van der Waals surface area contributed by atoms with E-state index in [0.717, 1.165) is 18.4 Å². The molecule has 3 atom stereocenters. The predicted octanol–water partition coefficient (Wildman–Crippen LogP) is 5.43. The van der Waals surface area contributed by atoms with Crippen molar-refractivity contribution in [1.29, 1.82) is 0 Å². The highest BCUT2D eigenvalue weighted by molar-refractivity contribution is 6.74. The topological polar surface area (TPSA) is 67.2 Å². The van der Waals surface area contributed by atoms with Gasteiger partial charge in [0.25, 0.3) is 0 Å². The normalized spacial score (nSPS) is 24.6. The van der Waals surface area contributed by atoms with E-state index in [9.17, 15) is 0 Å². The molecule has 1 aromatic carbocycles. The van der Waals surface area contributed by atoms with Gasteiger partial charge in [0.15, 0.2) is 8.32 Å². The number of nitrogens with zero attached hydrogens (tertiary/aromatic N) is 3. The van der Waals surface area contributed by atoms with E-state index in [2.05, 4.69) is 56.0 Å². The van der Waals surface area contributed by atoms with E-state index in [0.29, 0.717) is 6.61 Å². The fourth-order valence-corrected chi connectivity index (χ4v) is 4.07. The molecule has 0 N–H and O–H groups in total. The van der Waals surface area contributed by atoms with Crippen LogP contribution in [0.4, 0.5) is 0 Å². The maximum absolute atomic E-state index is 8.87. The summed E-state index contributed by atoms with van der Waals surface area (Å²) in [5, 5.41) is 4.09. The molecule has 0 aromatic heterocycles. The highest BCUT2D eigenvalue weighted by Crippen LogP contribution is 2.40. The molecule has 0 radical (unpaired) electrons. The second kappa shape index (κ2) is 7.70. The Morgan fingerprint density at radius 1 is 1.21 bits per heavy atom. The zero-order valence-corrected chi connectivity index (χ0v) is 16.4. The molecule has 0 saturated heterocycles. The molecule has 1 aliphatic carbocycles. The summed E-state index contributed by atoms with van der Waals surface area (Å²) in [5.74, 6) is 0. The Morgan fingerprint density at radius 3 is 2.46 bits per heavy atom. The molecule has 1 aromatic rings. The van der Waals surface area contributed by atoms with Crippen LogP contribution in [0.2, 0.25) is 18.1 Å². The van der Waals surface area contributed by atoms with E-state index in [1.165, 1.54) is 0 Å². The molecule has 1 fully saturated rings. The molecule has 0 unspecified atom stereocenters. The first-order valence-corrected chi connectivity index (χ1v) is 11.5. The van der Waals surface area contributed by atoms with Gasteiger partial charge in [0.2, 0.25) is 0 Å². The van der Waals surface area contributed by atoms with E-state index >= 15 is 0 Å². The van der Waals surface area contributed by atoms with Crippen molar-refractivity contribution in [3.05, 3.63) is 46.3 Å². The Labute approximate surface area is 146 Å². The number of hydrogen-bond donors (Lipinski definition) is 0. The van der Waals surface area contributed by atoms with Crippen molar-refractivity contribution in [3.63, 3.8) is 0 Å². The minimum absolute atomic E-state index is 0.0187. The van der Waals surface area contributed by atoms with Crippen LogP contribution < -0.4 is 0 Å². The predicted molar refractivity (Wildman–Crippen MR) is 99.3 cm³/mol. The molecule has 2 rings (SSSR count). The smallest absolute Gasteiger partial charge is 0.192 e. The maximum atomic E-state index is 8.87. The van der Waals surface area contributed by atoms with Crippen molar-refractivity contribution < 1.29 is 9.16 Å². The van der Waals surface area contributed by atoms with Gasteiger partial charge in [0.05, 0.1) is 24.9 Å². The van der Waals surface area contributed by atoms with E-state index < -0.39 is 8.32 Å². The summed E-state index contributed by atoms with van der Waals surface area (Å²) in [4.78, 5) is 3.02. The van der Waals surface area contributed by atoms with Gasteiger partial charge < -0.3 is 9.16 Å². The molecule has 1 saturated carbocycles. The minimum Gasteiger partial charge on any atom is -0.411 e. The summed E-state index contributed by atoms with van der Waals surface area (Å²) < 4.78 is 12.7. The second-order valence-electron chi connectivity index (χ2n) is 8.03. The van der Waals surface area contributed by atoms with Crippen LogP contribution in [0, 0.1) is 0 Å². The molecule has 24 heavy (non-hydrogen) atoms. The second-order valence-corrected chi connectivity index (χ2v) is 12.8. The SMILES string of the molecule is CC(C)(C)[Si](C)(C)O[C@@H]1[C@@H](OCc2ccccc2)CC[C@H]1N=[N+]=[N-]. The van der Waals surface area contributed by atoms with Crippen molar-refractivity contribution in [2.75, 3.05) is 0 Å². The monoisotopic (exact) mass is 347 g/mol. The minimum atomic E-state index is -1.95. The van der Waals surface area contributed by atoms with Gasteiger partial charge in [-0.05, 0) is 42.1 Å². The maximum Gasteiger partial charge on any atom is 0.192 e. The molecular weight excluding hydrogens is 318 g/mol. The highest BCUT2D eigenvalue weighted by atomic mass is 28.4. The summed E-state index contributed by atoms with van der Waals surface area (Å²) >= 11 is 0. The third-order valence-corrected chi connectivity index (χ3v) is 9.71. The van der Waals surface area contributed by atoms with Crippen LogP contribution in [0.5, 0.6) is 0 Å². The lowest BCUT2D eigenvalue weighted by Gasteiger charge is -2.40. The molecule has 0 amide bonds. The Morgan fingerprint density at radius 2 is 1.88 bits per heavy atom. The van der Waals surface area contributed by atoms with Crippen molar-refractivity contribution in [1.82, 2.24) is 0 Å².